The second kappa shape index (κ2) is 7.31. The Morgan fingerprint density at radius 2 is 1.69 bits per heavy atom. The van der Waals surface area contributed by atoms with E-state index in [-0.39, 0.29) is 12.2 Å². The second-order valence-corrected chi connectivity index (χ2v) is 5.79. The smallest absolute Gasteiger partial charge is 0.338 e. The molecule has 0 bridgehead atoms. The van der Waals surface area contributed by atoms with Crippen molar-refractivity contribution in [2.75, 3.05) is 14.2 Å². The van der Waals surface area contributed by atoms with Gasteiger partial charge in [-0.3, -0.25) is 4.79 Å². The average Bonchev–Trinajstić information content (AvgIpc) is 2.66. The SMILES string of the molecule is COc1cc(C(=O)OCc2cc3ccccc3[nH]c2=O)cc(OC)c1C. The molecule has 1 aromatic heterocycles. The third kappa shape index (κ3) is 3.39. The number of fused-ring (bicyclic) bond motifs is 1. The van der Waals surface area contributed by atoms with Crippen molar-refractivity contribution in [3.05, 3.63) is 69.5 Å². The predicted octanol–water partition coefficient (Wildman–Crippen LogP) is 3.21. The number of carbonyl (C=O) groups is 1. The predicted molar refractivity (Wildman–Crippen MR) is 98.0 cm³/mol. The van der Waals surface area contributed by atoms with Crippen LogP contribution in [-0.4, -0.2) is 25.2 Å². The highest BCUT2D eigenvalue weighted by Gasteiger charge is 2.15. The Hall–Kier alpha value is -3.28. The van der Waals surface area contributed by atoms with E-state index in [4.69, 9.17) is 14.2 Å². The number of para-hydroxylation sites is 1. The fourth-order valence-corrected chi connectivity index (χ4v) is 2.73. The van der Waals surface area contributed by atoms with Gasteiger partial charge in [0.25, 0.3) is 5.56 Å². The number of hydrogen-bond donors (Lipinski definition) is 1. The van der Waals surface area contributed by atoms with E-state index in [9.17, 15) is 9.59 Å². The Kier molecular flexibility index (Phi) is 4.93. The minimum absolute atomic E-state index is 0.127. The first-order valence-electron chi connectivity index (χ1n) is 8.04. The van der Waals surface area contributed by atoms with E-state index in [0.29, 0.717) is 22.6 Å². The van der Waals surface area contributed by atoms with Gasteiger partial charge in [-0.15, -0.1) is 0 Å². The lowest BCUT2D eigenvalue weighted by Crippen LogP contribution is -2.15. The highest BCUT2D eigenvalue weighted by atomic mass is 16.5. The molecule has 6 heteroatoms. The molecule has 3 aromatic rings. The zero-order valence-corrected chi connectivity index (χ0v) is 14.8. The van der Waals surface area contributed by atoms with E-state index in [1.807, 2.05) is 31.2 Å². The van der Waals surface area contributed by atoms with Gasteiger partial charge in [0, 0.05) is 11.1 Å². The molecule has 1 heterocycles. The van der Waals surface area contributed by atoms with Crippen LogP contribution in [0.2, 0.25) is 0 Å². The number of benzene rings is 2. The molecule has 2 aromatic carbocycles. The van der Waals surface area contributed by atoms with Gasteiger partial charge in [0.2, 0.25) is 0 Å². The van der Waals surface area contributed by atoms with Crippen molar-refractivity contribution < 1.29 is 19.0 Å². The molecule has 0 aliphatic heterocycles. The maximum atomic E-state index is 12.4. The van der Waals surface area contributed by atoms with Crippen LogP contribution in [0.4, 0.5) is 0 Å². The first-order chi connectivity index (χ1) is 12.5. The van der Waals surface area contributed by atoms with Crippen molar-refractivity contribution in [1.82, 2.24) is 4.98 Å². The highest BCUT2D eigenvalue weighted by molar-refractivity contribution is 5.91. The Labute approximate surface area is 150 Å². The second-order valence-electron chi connectivity index (χ2n) is 5.79. The summed E-state index contributed by atoms with van der Waals surface area (Å²) in [6.07, 6.45) is 0. The van der Waals surface area contributed by atoms with Crippen molar-refractivity contribution >= 4 is 16.9 Å². The van der Waals surface area contributed by atoms with Crippen molar-refractivity contribution in [3.8, 4) is 11.5 Å². The Morgan fingerprint density at radius 3 is 2.35 bits per heavy atom. The van der Waals surface area contributed by atoms with E-state index in [0.717, 1.165) is 16.5 Å². The van der Waals surface area contributed by atoms with Crippen LogP contribution in [0.5, 0.6) is 11.5 Å². The molecular formula is C20H19NO5. The van der Waals surface area contributed by atoms with Gasteiger partial charge in [-0.05, 0) is 36.6 Å². The number of esters is 1. The molecule has 134 valence electrons. The number of aromatic amines is 1. The highest BCUT2D eigenvalue weighted by Crippen LogP contribution is 2.29. The van der Waals surface area contributed by atoms with Crippen LogP contribution in [0.3, 0.4) is 0 Å². The zero-order chi connectivity index (χ0) is 18.7. The number of methoxy groups -OCH3 is 2. The Morgan fingerprint density at radius 1 is 1.04 bits per heavy atom. The van der Waals surface area contributed by atoms with E-state index < -0.39 is 5.97 Å². The summed E-state index contributed by atoms with van der Waals surface area (Å²) in [5.41, 5.74) is 1.92. The fourth-order valence-electron chi connectivity index (χ4n) is 2.73. The number of pyridine rings is 1. The average molecular weight is 353 g/mol. The van der Waals surface area contributed by atoms with Crippen molar-refractivity contribution in [2.24, 2.45) is 0 Å². The third-order valence-electron chi connectivity index (χ3n) is 4.18. The molecular weight excluding hydrogens is 334 g/mol. The largest absolute Gasteiger partial charge is 0.496 e. The van der Waals surface area contributed by atoms with Crippen LogP contribution in [0.15, 0.2) is 47.3 Å². The normalized spacial score (nSPS) is 10.6. The van der Waals surface area contributed by atoms with E-state index in [1.165, 1.54) is 14.2 Å². The molecule has 0 spiro atoms. The van der Waals surface area contributed by atoms with Crippen LogP contribution < -0.4 is 15.0 Å². The number of aromatic nitrogens is 1. The molecule has 0 aliphatic carbocycles. The zero-order valence-electron chi connectivity index (χ0n) is 14.8. The lowest BCUT2D eigenvalue weighted by atomic mass is 10.1. The van der Waals surface area contributed by atoms with Gasteiger partial charge < -0.3 is 19.2 Å². The number of rotatable bonds is 5. The molecule has 0 unspecified atom stereocenters. The van der Waals surface area contributed by atoms with Crippen LogP contribution in [0.25, 0.3) is 10.9 Å². The van der Waals surface area contributed by atoms with Crippen molar-refractivity contribution in [2.45, 2.75) is 13.5 Å². The lowest BCUT2D eigenvalue weighted by molar-refractivity contribution is 0.0470. The number of H-pyrrole nitrogens is 1. The van der Waals surface area contributed by atoms with Crippen LogP contribution in [0.1, 0.15) is 21.5 Å². The molecule has 26 heavy (non-hydrogen) atoms. The molecule has 0 amide bonds. The molecule has 1 N–H and O–H groups in total. The van der Waals surface area contributed by atoms with Gasteiger partial charge in [0.1, 0.15) is 18.1 Å². The van der Waals surface area contributed by atoms with Gasteiger partial charge in [-0.25, -0.2) is 4.79 Å². The maximum Gasteiger partial charge on any atom is 0.338 e. The van der Waals surface area contributed by atoms with Gasteiger partial charge in [-0.1, -0.05) is 18.2 Å². The third-order valence-corrected chi connectivity index (χ3v) is 4.18. The summed E-state index contributed by atoms with van der Waals surface area (Å²) in [4.78, 5) is 27.3. The molecule has 0 atom stereocenters. The number of ether oxygens (including phenoxy) is 3. The summed E-state index contributed by atoms with van der Waals surface area (Å²) in [7, 11) is 3.04. The Balaban J connectivity index is 1.83. The molecule has 0 saturated heterocycles. The van der Waals surface area contributed by atoms with E-state index in [1.54, 1.807) is 18.2 Å². The number of nitrogens with one attached hydrogen (secondary N) is 1. The van der Waals surface area contributed by atoms with Gasteiger partial charge in [-0.2, -0.15) is 0 Å². The first-order valence-corrected chi connectivity index (χ1v) is 8.04. The van der Waals surface area contributed by atoms with E-state index >= 15 is 0 Å². The molecule has 0 saturated carbocycles. The molecule has 6 nitrogen and oxygen atoms in total. The molecule has 3 rings (SSSR count). The standard InChI is InChI=1S/C20H19NO5/c1-12-17(24-2)9-14(10-18(12)25-3)20(23)26-11-15-8-13-6-4-5-7-16(13)21-19(15)22/h4-10H,11H2,1-3H3,(H,21,22). The molecule has 0 radical (unpaired) electrons. The monoisotopic (exact) mass is 353 g/mol. The van der Waals surface area contributed by atoms with Crippen molar-refractivity contribution in [3.63, 3.8) is 0 Å². The first kappa shape index (κ1) is 17.5. The topological polar surface area (TPSA) is 77.6 Å². The summed E-state index contributed by atoms with van der Waals surface area (Å²) >= 11 is 0. The Bertz CT molecular complexity index is 997. The summed E-state index contributed by atoms with van der Waals surface area (Å²) < 4.78 is 15.8. The maximum absolute atomic E-state index is 12.4. The summed E-state index contributed by atoms with van der Waals surface area (Å²) in [5.74, 6) is 0.494. The minimum atomic E-state index is -0.561. The summed E-state index contributed by atoms with van der Waals surface area (Å²) in [6.45, 7) is 1.71. The van der Waals surface area contributed by atoms with Crippen LogP contribution >= 0.6 is 0 Å². The molecule has 0 aliphatic rings. The number of hydrogen-bond acceptors (Lipinski definition) is 5. The van der Waals surface area contributed by atoms with Gasteiger partial charge in [0.15, 0.2) is 0 Å². The summed E-state index contributed by atoms with van der Waals surface area (Å²) in [5, 5.41) is 0.872. The fraction of sp³-hybridized carbons (Fsp3) is 0.200. The van der Waals surface area contributed by atoms with Crippen LogP contribution in [-0.2, 0) is 11.3 Å². The molecule has 0 fully saturated rings. The van der Waals surface area contributed by atoms with E-state index in [2.05, 4.69) is 4.98 Å². The van der Waals surface area contributed by atoms with Gasteiger partial charge in [0.05, 0.1) is 25.3 Å². The lowest BCUT2D eigenvalue weighted by Gasteiger charge is -2.12. The van der Waals surface area contributed by atoms with Crippen LogP contribution in [0, 0.1) is 6.92 Å². The quantitative estimate of drug-likeness (QED) is 0.713. The number of carbonyl (C=O) groups excluding carboxylic acids is 1. The minimum Gasteiger partial charge on any atom is -0.496 e. The van der Waals surface area contributed by atoms with Crippen molar-refractivity contribution in [1.29, 1.82) is 0 Å². The van der Waals surface area contributed by atoms with Gasteiger partial charge >= 0.3 is 5.97 Å². The summed E-state index contributed by atoms with van der Waals surface area (Å²) in [6, 6.07) is 12.3.